The number of rotatable bonds is 22. The molecule has 3 saturated carbocycles. The minimum Gasteiger partial charge on any atom is -0.463 e. The molecule has 7 heteroatoms. The van der Waals surface area contributed by atoms with E-state index >= 15 is 0 Å². The van der Waals surface area contributed by atoms with Crippen molar-refractivity contribution in [1.29, 1.82) is 0 Å². The largest absolute Gasteiger partial charge is 0.463 e. The van der Waals surface area contributed by atoms with Gasteiger partial charge in [0.15, 0.2) is 6.29 Å². The Morgan fingerprint density at radius 2 is 1.55 bits per heavy atom. The lowest BCUT2D eigenvalue weighted by Gasteiger charge is -2.58. The number of allylic oxidation sites excluding steroid dienone is 5. The summed E-state index contributed by atoms with van der Waals surface area (Å²) in [5.74, 6) is 4.60. The van der Waals surface area contributed by atoms with E-state index in [1.165, 1.54) is 76.2 Å². The molecule has 1 heterocycles. The van der Waals surface area contributed by atoms with Crippen molar-refractivity contribution in [2.75, 3.05) is 6.61 Å². The standard InChI is InChI=1S/C51H86O7/c1-8-10-11-12-13-14-15-16-17-18-19-20-21-22-45(52)56-34-44-46(53)47(54)48(55)49(58-44)57-39-29-31-50(6)38(33-39)25-26-40-42-28-27-41(51(42,7)32-30-43(40)50)36(5)23-24-37(9-2)35(3)4/h14-15,23-25,35-37,39-44,46-49,53-55H,8-13,16-22,26-34H2,1-7H3/b15-14-,24-23+. The molecule has 14 atom stereocenters. The van der Waals surface area contributed by atoms with Gasteiger partial charge in [-0.05, 0) is 142 Å². The maximum absolute atomic E-state index is 12.6. The molecule has 1 saturated heterocycles. The van der Waals surface area contributed by atoms with Crippen LogP contribution in [0.2, 0.25) is 0 Å². The van der Waals surface area contributed by atoms with Crippen LogP contribution in [0.25, 0.3) is 0 Å². The Morgan fingerprint density at radius 3 is 2.26 bits per heavy atom. The Balaban J connectivity index is 1.06. The molecule has 0 spiro atoms. The van der Waals surface area contributed by atoms with Crippen molar-refractivity contribution in [3.05, 3.63) is 36.0 Å². The van der Waals surface area contributed by atoms with Gasteiger partial charge >= 0.3 is 5.97 Å². The van der Waals surface area contributed by atoms with E-state index in [4.69, 9.17) is 14.2 Å². The fraction of sp³-hybridized carbons (Fsp3) is 0.863. The molecule has 0 aromatic rings. The normalized spacial score (nSPS) is 37.4. The summed E-state index contributed by atoms with van der Waals surface area (Å²) in [4.78, 5) is 12.6. The second kappa shape index (κ2) is 22.5. The maximum Gasteiger partial charge on any atom is 0.305 e. The molecule has 14 unspecified atom stereocenters. The summed E-state index contributed by atoms with van der Waals surface area (Å²) >= 11 is 0. The van der Waals surface area contributed by atoms with Crippen molar-refractivity contribution in [2.45, 2.75) is 220 Å². The van der Waals surface area contributed by atoms with E-state index in [0.717, 1.165) is 75.5 Å². The third-order valence-electron chi connectivity index (χ3n) is 16.3. The van der Waals surface area contributed by atoms with Gasteiger partial charge in [-0.2, -0.15) is 0 Å². The smallest absolute Gasteiger partial charge is 0.305 e. The Morgan fingerprint density at radius 1 is 0.845 bits per heavy atom. The van der Waals surface area contributed by atoms with E-state index in [9.17, 15) is 20.1 Å². The number of hydrogen-bond donors (Lipinski definition) is 3. The lowest BCUT2D eigenvalue weighted by atomic mass is 9.47. The maximum atomic E-state index is 12.6. The van der Waals surface area contributed by atoms with Gasteiger partial charge in [0.05, 0.1) is 6.10 Å². The van der Waals surface area contributed by atoms with Gasteiger partial charge in [-0.1, -0.05) is 123 Å². The lowest BCUT2D eigenvalue weighted by molar-refractivity contribution is -0.313. The average Bonchev–Trinajstić information content (AvgIpc) is 3.56. The fourth-order valence-corrected chi connectivity index (χ4v) is 12.5. The van der Waals surface area contributed by atoms with Crippen LogP contribution in [-0.2, 0) is 19.0 Å². The summed E-state index contributed by atoms with van der Waals surface area (Å²) in [5, 5.41) is 32.5. The summed E-state index contributed by atoms with van der Waals surface area (Å²) in [6.07, 6.45) is 29.3. The van der Waals surface area contributed by atoms with E-state index in [1.54, 1.807) is 0 Å². The van der Waals surface area contributed by atoms with Crippen LogP contribution in [0.15, 0.2) is 36.0 Å². The molecule has 332 valence electrons. The van der Waals surface area contributed by atoms with Crippen molar-refractivity contribution in [1.82, 2.24) is 0 Å². The molecule has 5 rings (SSSR count). The molecule has 0 aromatic carbocycles. The van der Waals surface area contributed by atoms with Crippen LogP contribution in [0.4, 0.5) is 0 Å². The molecular formula is C51H86O7. The minimum absolute atomic E-state index is 0.150. The van der Waals surface area contributed by atoms with Crippen molar-refractivity contribution in [2.24, 2.45) is 52.3 Å². The van der Waals surface area contributed by atoms with E-state index < -0.39 is 30.7 Å². The van der Waals surface area contributed by atoms with Crippen molar-refractivity contribution < 1.29 is 34.3 Å². The number of carbonyl (C=O) groups is 1. The first-order valence-electron chi connectivity index (χ1n) is 24.4. The quantitative estimate of drug-likeness (QED) is 0.0568. The van der Waals surface area contributed by atoms with Crippen LogP contribution in [0, 0.1) is 52.3 Å². The number of fused-ring (bicyclic) bond motifs is 5. The zero-order valence-corrected chi connectivity index (χ0v) is 37.9. The third-order valence-corrected chi connectivity index (χ3v) is 16.3. The minimum atomic E-state index is -1.45. The second-order valence-corrected chi connectivity index (χ2v) is 20.4. The highest BCUT2D eigenvalue weighted by atomic mass is 16.7. The van der Waals surface area contributed by atoms with Gasteiger partial charge in [0, 0.05) is 6.42 Å². The number of esters is 1. The Bertz CT molecular complexity index is 1340. The number of unbranched alkanes of at least 4 members (excludes halogenated alkanes) is 9. The molecule has 0 amide bonds. The van der Waals surface area contributed by atoms with Gasteiger partial charge in [-0.3, -0.25) is 4.79 Å². The Labute approximate surface area is 354 Å². The zero-order valence-electron chi connectivity index (χ0n) is 37.9. The highest BCUT2D eigenvalue weighted by Gasteiger charge is 2.59. The SMILES string of the molecule is CCCCCC/C=C\CCCCCCCC(=O)OCC1OC(OC2CCC3(C)C(=CCC4C3CCC3(C)C(C(C)/C=C/C(CC)C(C)C)CCC43)C2)C(O)C(O)C1O. The van der Waals surface area contributed by atoms with Gasteiger partial charge in [-0.25, -0.2) is 0 Å². The summed E-state index contributed by atoms with van der Waals surface area (Å²) < 4.78 is 18.0. The molecule has 58 heavy (non-hydrogen) atoms. The highest BCUT2D eigenvalue weighted by molar-refractivity contribution is 5.69. The molecule has 0 radical (unpaired) electrons. The number of carbonyl (C=O) groups excluding carboxylic acids is 1. The van der Waals surface area contributed by atoms with Gasteiger partial charge < -0.3 is 29.5 Å². The number of ether oxygens (including phenoxy) is 3. The van der Waals surface area contributed by atoms with E-state index in [2.05, 4.69) is 78.8 Å². The van der Waals surface area contributed by atoms with Crippen LogP contribution >= 0.6 is 0 Å². The van der Waals surface area contributed by atoms with E-state index in [-0.39, 0.29) is 24.1 Å². The molecule has 0 aromatic heterocycles. The summed E-state index contributed by atoms with van der Waals surface area (Å²) in [7, 11) is 0. The average molecular weight is 811 g/mol. The third kappa shape index (κ3) is 11.7. The first-order chi connectivity index (χ1) is 27.8. The van der Waals surface area contributed by atoms with Crippen LogP contribution in [0.1, 0.15) is 183 Å². The van der Waals surface area contributed by atoms with Gasteiger partial charge in [0.1, 0.15) is 31.0 Å². The van der Waals surface area contributed by atoms with Gasteiger partial charge in [-0.15, -0.1) is 0 Å². The topological polar surface area (TPSA) is 105 Å². The van der Waals surface area contributed by atoms with Crippen molar-refractivity contribution in [3.8, 4) is 0 Å². The zero-order chi connectivity index (χ0) is 41.9. The Kier molecular flexibility index (Phi) is 18.5. The summed E-state index contributed by atoms with van der Waals surface area (Å²) in [5.41, 5.74) is 2.05. The molecule has 3 N–H and O–H groups in total. The molecule has 0 bridgehead atoms. The molecule has 1 aliphatic heterocycles. The first kappa shape index (κ1) is 47.5. The molecule has 5 aliphatic rings. The van der Waals surface area contributed by atoms with Crippen LogP contribution in [0.3, 0.4) is 0 Å². The number of hydrogen-bond acceptors (Lipinski definition) is 7. The van der Waals surface area contributed by atoms with Crippen molar-refractivity contribution in [3.63, 3.8) is 0 Å². The summed E-state index contributed by atoms with van der Waals surface area (Å²) in [6.45, 7) is 16.7. The van der Waals surface area contributed by atoms with Gasteiger partial charge in [0.25, 0.3) is 0 Å². The van der Waals surface area contributed by atoms with E-state index in [1.807, 2.05) is 0 Å². The lowest BCUT2D eigenvalue weighted by Crippen LogP contribution is -2.60. The molecule has 4 aliphatic carbocycles. The second-order valence-electron chi connectivity index (χ2n) is 20.4. The van der Waals surface area contributed by atoms with Crippen LogP contribution in [-0.4, -0.2) is 64.7 Å². The number of aliphatic hydroxyl groups excluding tert-OH is 3. The fourth-order valence-electron chi connectivity index (χ4n) is 12.5. The highest BCUT2D eigenvalue weighted by Crippen LogP contribution is 2.67. The number of aliphatic hydroxyl groups is 3. The molecule has 7 nitrogen and oxygen atoms in total. The monoisotopic (exact) mass is 811 g/mol. The van der Waals surface area contributed by atoms with Crippen molar-refractivity contribution >= 4 is 5.97 Å². The van der Waals surface area contributed by atoms with E-state index in [0.29, 0.717) is 35.5 Å². The predicted octanol–water partition coefficient (Wildman–Crippen LogP) is 11.4. The van der Waals surface area contributed by atoms with Gasteiger partial charge in [0.2, 0.25) is 0 Å². The predicted molar refractivity (Wildman–Crippen MR) is 235 cm³/mol. The Hall–Kier alpha value is -1.51. The molecular weight excluding hydrogens is 725 g/mol. The summed E-state index contributed by atoms with van der Waals surface area (Å²) in [6, 6.07) is 0. The van der Waals surface area contributed by atoms with Crippen LogP contribution in [0.5, 0.6) is 0 Å². The van der Waals surface area contributed by atoms with Crippen LogP contribution < -0.4 is 0 Å². The molecule has 4 fully saturated rings. The first-order valence-corrected chi connectivity index (χ1v) is 24.4.